The summed E-state index contributed by atoms with van der Waals surface area (Å²) >= 11 is 0. The summed E-state index contributed by atoms with van der Waals surface area (Å²) in [5.74, 6) is 0. The van der Waals surface area contributed by atoms with Gasteiger partial charge in [-0.2, -0.15) is 0 Å². The van der Waals surface area contributed by atoms with E-state index in [2.05, 4.69) is 9.71 Å². The van der Waals surface area contributed by atoms with Crippen molar-refractivity contribution in [2.45, 2.75) is 11.8 Å². The Kier molecular flexibility index (Phi) is 4.21. The first kappa shape index (κ1) is 16.4. The van der Waals surface area contributed by atoms with E-state index in [0.29, 0.717) is 22.9 Å². The van der Waals surface area contributed by atoms with Crippen LogP contribution in [-0.4, -0.2) is 24.5 Å². The first-order valence-electron chi connectivity index (χ1n) is 7.47. The van der Waals surface area contributed by atoms with Crippen molar-refractivity contribution in [1.29, 1.82) is 0 Å². The second kappa shape index (κ2) is 6.18. The summed E-state index contributed by atoms with van der Waals surface area (Å²) in [6.07, 6.45) is 4.89. The number of aromatic nitrogens is 2. The molecule has 0 radical (unpaired) electrons. The van der Waals surface area contributed by atoms with E-state index < -0.39 is 10.0 Å². The molecule has 2 heterocycles. The van der Waals surface area contributed by atoms with Crippen LogP contribution in [-0.2, 0) is 17.1 Å². The van der Waals surface area contributed by atoms with E-state index in [1.165, 1.54) is 4.57 Å². The van der Waals surface area contributed by atoms with Crippen molar-refractivity contribution in [1.82, 2.24) is 14.3 Å². The molecule has 0 saturated carbocycles. The summed E-state index contributed by atoms with van der Waals surface area (Å²) in [4.78, 5) is 16.5. The molecule has 2 aromatic heterocycles. The van der Waals surface area contributed by atoms with Gasteiger partial charge in [0.2, 0.25) is 10.0 Å². The zero-order chi connectivity index (χ0) is 17.3. The molecule has 1 aromatic carbocycles. The number of hydrogen-bond donors (Lipinski definition) is 1. The van der Waals surface area contributed by atoms with Crippen molar-refractivity contribution >= 4 is 20.8 Å². The van der Waals surface area contributed by atoms with Gasteiger partial charge in [-0.05, 0) is 23.8 Å². The topological polar surface area (TPSA) is 81.1 Å². The molecule has 0 amide bonds. The fourth-order valence-corrected chi connectivity index (χ4v) is 3.73. The Hall–Kier alpha value is -2.51. The average molecular weight is 343 g/mol. The van der Waals surface area contributed by atoms with Crippen LogP contribution in [0.3, 0.4) is 0 Å². The molecule has 0 aliphatic heterocycles. The highest BCUT2D eigenvalue weighted by atomic mass is 32.2. The monoisotopic (exact) mass is 343 g/mol. The lowest BCUT2D eigenvalue weighted by Crippen LogP contribution is -2.23. The van der Waals surface area contributed by atoms with Crippen LogP contribution in [0, 0.1) is 0 Å². The highest BCUT2D eigenvalue weighted by Crippen LogP contribution is 2.27. The number of nitrogens with zero attached hydrogens (tertiary/aromatic N) is 2. The second-order valence-electron chi connectivity index (χ2n) is 5.41. The van der Waals surface area contributed by atoms with Gasteiger partial charge in [0.25, 0.3) is 5.56 Å². The molecule has 24 heavy (non-hydrogen) atoms. The minimum absolute atomic E-state index is 0.118. The molecule has 0 unspecified atom stereocenters. The summed E-state index contributed by atoms with van der Waals surface area (Å²) < 4.78 is 28.4. The number of nitrogens with one attached hydrogen (secondary N) is 1. The first-order chi connectivity index (χ1) is 11.4. The smallest absolute Gasteiger partial charge is 0.258 e. The van der Waals surface area contributed by atoms with Gasteiger partial charge >= 0.3 is 0 Å². The Morgan fingerprint density at radius 3 is 2.75 bits per heavy atom. The molecule has 124 valence electrons. The molecule has 0 saturated heterocycles. The average Bonchev–Trinajstić information content (AvgIpc) is 2.58. The fraction of sp³-hybridized carbons (Fsp3) is 0.176. The van der Waals surface area contributed by atoms with Crippen molar-refractivity contribution in [3.05, 3.63) is 59.3 Å². The van der Waals surface area contributed by atoms with Crippen molar-refractivity contribution in [3.8, 4) is 11.1 Å². The number of hydrogen-bond acceptors (Lipinski definition) is 4. The zero-order valence-electron chi connectivity index (χ0n) is 13.4. The lowest BCUT2D eigenvalue weighted by Gasteiger charge is -2.11. The van der Waals surface area contributed by atoms with Gasteiger partial charge < -0.3 is 4.57 Å². The fourth-order valence-electron chi connectivity index (χ4n) is 2.64. The van der Waals surface area contributed by atoms with E-state index >= 15 is 0 Å². The molecular weight excluding hydrogens is 326 g/mol. The summed E-state index contributed by atoms with van der Waals surface area (Å²) in [7, 11) is -1.88. The molecule has 3 rings (SSSR count). The maximum atomic E-state index is 12.3. The third-order valence-corrected chi connectivity index (χ3v) is 5.32. The number of rotatable bonds is 4. The van der Waals surface area contributed by atoms with Gasteiger partial charge in [-0.1, -0.05) is 19.1 Å². The van der Waals surface area contributed by atoms with Gasteiger partial charge in [-0.3, -0.25) is 9.78 Å². The molecule has 0 bridgehead atoms. The third kappa shape index (κ3) is 2.83. The van der Waals surface area contributed by atoms with Crippen molar-refractivity contribution in [2.24, 2.45) is 7.05 Å². The molecule has 0 spiro atoms. The van der Waals surface area contributed by atoms with Crippen LogP contribution in [0.4, 0.5) is 0 Å². The molecule has 0 atom stereocenters. The largest absolute Gasteiger partial charge is 0.317 e. The van der Waals surface area contributed by atoms with Crippen molar-refractivity contribution in [2.75, 3.05) is 6.54 Å². The van der Waals surface area contributed by atoms with Crippen molar-refractivity contribution in [3.63, 3.8) is 0 Å². The van der Waals surface area contributed by atoms with Gasteiger partial charge in [-0.15, -0.1) is 0 Å². The minimum atomic E-state index is -3.55. The molecular formula is C17H17N3O3S. The van der Waals surface area contributed by atoms with Crippen LogP contribution < -0.4 is 10.3 Å². The molecule has 6 nitrogen and oxygen atoms in total. The van der Waals surface area contributed by atoms with Gasteiger partial charge in [0.05, 0.1) is 10.3 Å². The number of sulfonamides is 1. The van der Waals surface area contributed by atoms with Crippen LogP contribution in [0.15, 0.2) is 58.6 Å². The lowest BCUT2D eigenvalue weighted by atomic mass is 10.0. The summed E-state index contributed by atoms with van der Waals surface area (Å²) in [5.41, 5.74) is 1.35. The van der Waals surface area contributed by atoms with Crippen LogP contribution in [0.25, 0.3) is 21.9 Å². The highest BCUT2D eigenvalue weighted by Gasteiger charge is 2.15. The van der Waals surface area contributed by atoms with Crippen LogP contribution in [0.1, 0.15) is 6.92 Å². The van der Waals surface area contributed by atoms with Gasteiger partial charge in [-0.25, -0.2) is 13.1 Å². The molecule has 0 fully saturated rings. The first-order valence-corrected chi connectivity index (χ1v) is 8.96. The molecule has 7 heteroatoms. The van der Waals surface area contributed by atoms with E-state index in [4.69, 9.17) is 0 Å². The van der Waals surface area contributed by atoms with E-state index in [9.17, 15) is 13.2 Å². The maximum absolute atomic E-state index is 12.3. The SMILES string of the molecule is CCNS(=O)(=O)c1cccc(-c2cn(C)c(=O)c3ccncc23)c1. The van der Waals surface area contributed by atoms with E-state index in [1.54, 1.807) is 56.8 Å². The maximum Gasteiger partial charge on any atom is 0.258 e. The van der Waals surface area contributed by atoms with Crippen LogP contribution in [0.5, 0.6) is 0 Å². The number of fused-ring (bicyclic) bond motifs is 1. The van der Waals surface area contributed by atoms with Gasteiger partial charge in [0.1, 0.15) is 0 Å². The number of pyridine rings is 2. The predicted molar refractivity (Wildman–Crippen MR) is 93.3 cm³/mol. The van der Waals surface area contributed by atoms with E-state index in [-0.39, 0.29) is 10.5 Å². The van der Waals surface area contributed by atoms with E-state index in [0.717, 1.165) is 5.56 Å². The predicted octanol–water partition coefficient (Wildman–Crippen LogP) is 1.90. The summed E-state index contributed by atoms with van der Waals surface area (Å²) in [5, 5.41) is 1.24. The Morgan fingerprint density at radius 2 is 2.00 bits per heavy atom. The highest BCUT2D eigenvalue weighted by molar-refractivity contribution is 7.89. The normalized spacial score (nSPS) is 11.8. The van der Waals surface area contributed by atoms with Crippen LogP contribution >= 0.6 is 0 Å². The molecule has 1 N–H and O–H groups in total. The zero-order valence-corrected chi connectivity index (χ0v) is 14.2. The summed E-state index contributed by atoms with van der Waals surface area (Å²) in [6.45, 7) is 2.05. The van der Waals surface area contributed by atoms with E-state index in [1.807, 2.05) is 6.07 Å². The van der Waals surface area contributed by atoms with Crippen molar-refractivity contribution < 1.29 is 8.42 Å². The third-order valence-electron chi connectivity index (χ3n) is 3.77. The molecule has 3 aromatic rings. The molecule has 0 aliphatic rings. The van der Waals surface area contributed by atoms with Gasteiger partial charge in [0, 0.05) is 43.1 Å². The standard InChI is InChI=1S/C17H17N3O3S/c1-3-19-24(22,23)13-6-4-5-12(9-13)16-11-20(2)17(21)14-7-8-18-10-15(14)16/h4-11,19H,3H2,1-2H3. The second-order valence-corrected chi connectivity index (χ2v) is 7.18. The summed E-state index contributed by atoms with van der Waals surface area (Å²) in [6, 6.07) is 8.32. The Morgan fingerprint density at radius 1 is 1.21 bits per heavy atom. The number of benzene rings is 1. The minimum Gasteiger partial charge on any atom is -0.317 e. The Balaban J connectivity index is 2.26. The lowest BCUT2D eigenvalue weighted by molar-refractivity contribution is 0.584. The molecule has 0 aliphatic carbocycles. The van der Waals surface area contributed by atoms with Gasteiger partial charge in [0.15, 0.2) is 0 Å². The Labute approximate surface area is 139 Å². The quantitative estimate of drug-likeness (QED) is 0.784. The number of aryl methyl sites for hydroxylation is 1. The Bertz CT molecular complexity index is 1070. The van der Waals surface area contributed by atoms with Crippen LogP contribution in [0.2, 0.25) is 0 Å².